The van der Waals surface area contributed by atoms with Crippen molar-refractivity contribution in [1.82, 2.24) is 0 Å². The van der Waals surface area contributed by atoms with Crippen LogP contribution < -0.4 is 14.6 Å². The number of sulfonamides is 1. The Kier molecular flexibility index (Phi) is 5.20. The molecule has 148 valence electrons. The van der Waals surface area contributed by atoms with Crippen LogP contribution in [0.1, 0.15) is 18.1 Å². The summed E-state index contributed by atoms with van der Waals surface area (Å²) in [6, 6.07) is 23.0. The van der Waals surface area contributed by atoms with Crippen molar-refractivity contribution in [2.45, 2.75) is 17.4 Å². The monoisotopic (exact) mass is 410 g/mol. The molecule has 0 saturated carbocycles. The van der Waals surface area contributed by atoms with E-state index in [1.54, 1.807) is 12.1 Å². The van der Waals surface area contributed by atoms with E-state index in [2.05, 4.69) is 5.16 Å². The zero-order valence-electron chi connectivity index (χ0n) is 15.3. The summed E-state index contributed by atoms with van der Waals surface area (Å²) < 4.78 is 34.3. The molecule has 0 saturated heterocycles. The Morgan fingerprint density at radius 3 is 2.28 bits per heavy atom. The molecule has 0 aromatic heterocycles. The fraction of sp³-hybridized carbons (Fsp3) is 0.0952. The van der Waals surface area contributed by atoms with E-state index in [9.17, 15) is 8.42 Å². The molecule has 1 heterocycles. The minimum absolute atomic E-state index is 0.0277. The second-order valence-corrected chi connectivity index (χ2v) is 7.95. The third-order valence-electron chi connectivity index (χ3n) is 4.24. The molecule has 0 spiro atoms. The number of hydrogen-bond donors (Lipinski definition) is 1. The lowest BCUT2D eigenvalue weighted by Crippen LogP contribution is -2.13. The van der Waals surface area contributed by atoms with E-state index in [-0.39, 0.29) is 11.0 Å². The molecule has 0 fully saturated rings. The molecule has 3 aromatic rings. The number of oxime groups is 1. The summed E-state index contributed by atoms with van der Waals surface area (Å²) in [5, 5.41) is 9.10. The summed E-state index contributed by atoms with van der Waals surface area (Å²) in [5.74, 6) is 2.16. The summed E-state index contributed by atoms with van der Waals surface area (Å²) in [4.78, 5) is 5.43. The van der Waals surface area contributed by atoms with Crippen LogP contribution in [-0.4, -0.2) is 14.3 Å². The molecule has 1 aliphatic heterocycles. The lowest BCUT2D eigenvalue weighted by molar-refractivity contribution is 0.0855. The quantitative estimate of drug-likeness (QED) is 0.686. The topological polar surface area (TPSA) is 100 Å². The Hall–Kier alpha value is -3.36. The van der Waals surface area contributed by atoms with Crippen LogP contribution in [0.3, 0.4) is 0 Å². The van der Waals surface area contributed by atoms with Gasteiger partial charge < -0.3 is 14.3 Å². The first-order chi connectivity index (χ1) is 14.0. The van der Waals surface area contributed by atoms with Crippen LogP contribution in [0.25, 0.3) is 0 Å². The molecule has 0 unspecified atom stereocenters. The number of nitrogens with two attached hydrogens (primary N) is 1. The van der Waals surface area contributed by atoms with Crippen molar-refractivity contribution in [1.29, 1.82) is 0 Å². The van der Waals surface area contributed by atoms with Gasteiger partial charge in [-0.3, -0.25) is 0 Å². The summed E-state index contributed by atoms with van der Waals surface area (Å²) >= 11 is 0. The van der Waals surface area contributed by atoms with Gasteiger partial charge in [-0.2, -0.15) is 0 Å². The van der Waals surface area contributed by atoms with E-state index in [0.29, 0.717) is 18.1 Å². The van der Waals surface area contributed by atoms with E-state index in [1.807, 2.05) is 54.6 Å². The highest BCUT2D eigenvalue weighted by molar-refractivity contribution is 7.89. The smallest absolute Gasteiger partial charge is 0.238 e. The molecule has 1 aliphatic rings. The van der Waals surface area contributed by atoms with Gasteiger partial charge in [-0.05, 0) is 42.0 Å². The molecule has 7 nitrogen and oxygen atoms in total. The highest BCUT2D eigenvalue weighted by Crippen LogP contribution is 2.30. The predicted octanol–water partition coefficient (Wildman–Crippen LogP) is 3.98. The molecule has 8 heteroatoms. The number of nitrogens with zero attached hydrogens (tertiary/aromatic N) is 1. The van der Waals surface area contributed by atoms with E-state index in [4.69, 9.17) is 19.5 Å². The van der Waals surface area contributed by atoms with E-state index < -0.39 is 10.0 Å². The van der Waals surface area contributed by atoms with Crippen molar-refractivity contribution < 1.29 is 22.7 Å². The molecule has 3 aromatic carbocycles. The first kappa shape index (κ1) is 19.0. The normalized spacial score (nSPS) is 16.0. The van der Waals surface area contributed by atoms with Crippen molar-refractivity contribution in [3.05, 3.63) is 84.4 Å². The molecule has 29 heavy (non-hydrogen) atoms. The van der Waals surface area contributed by atoms with Crippen molar-refractivity contribution in [3.8, 4) is 17.2 Å². The van der Waals surface area contributed by atoms with Gasteiger partial charge in [0.15, 0.2) is 6.10 Å². The average Bonchev–Trinajstić information content (AvgIpc) is 3.17. The highest BCUT2D eigenvalue weighted by atomic mass is 32.2. The third-order valence-corrected chi connectivity index (χ3v) is 5.15. The summed E-state index contributed by atoms with van der Waals surface area (Å²) in [7, 11) is -3.80. The Morgan fingerprint density at radius 1 is 0.862 bits per heavy atom. The van der Waals surface area contributed by atoms with Crippen molar-refractivity contribution >= 4 is 15.9 Å². The molecule has 1 atom stereocenters. The van der Waals surface area contributed by atoms with Crippen molar-refractivity contribution in [3.63, 3.8) is 0 Å². The van der Waals surface area contributed by atoms with E-state index in [1.165, 1.54) is 12.1 Å². The van der Waals surface area contributed by atoms with Gasteiger partial charge in [0.1, 0.15) is 17.2 Å². The van der Waals surface area contributed by atoms with Gasteiger partial charge in [-0.25, -0.2) is 13.6 Å². The van der Waals surface area contributed by atoms with Gasteiger partial charge in [0.05, 0.1) is 11.3 Å². The zero-order valence-corrected chi connectivity index (χ0v) is 16.1. The lowest BCUT2D eigenvalue weighted by atomic mass is 10.1. The van der Waals surface area contributed by atoms with Gasteiger partial charge in [0.25, 0.3) is 0 Å². The summed E-state index contributed by atoms with van der Waals surface area (Å²) in [6.07, 6.45) is 0.121. The maximum atomic E-state index is 11.5. The van der Waals surface area contributed by atoms with Gasteiger partial charge in [0, 0.05) is 6.07 Å². The number of primary sulfonamides is 1. The number of ether oxygens (including phenoxy) is 2. The largest absolute Gasteiger partial charge is 0.457 e. The molecular weight excluding hydrogens is 392 g/mol. The van der Waals surface area contributed by atoms with Gasteiger partial charge >= 0.3 is 0 Å². The predicted molar refractivity (Wildman–Crippen MR) is 107 cm³/mol. The Morgan fingerprint density at radius 2 is 1.55 bits per heavy atom. The standard InChI is InChI=1S/C21H18N2O5S/c22-29(24,25)19-8-4-7-18(13-19)27-21-14-20(28-23-21)15-9-11-17(12-10-15)26-16-5-2-1-3-6-16/h1-13,20H,14H2,(H2,22,24,25)/t20-/m0/s1. The number of rotatable bonds is 5. The zero-order chi connectivity index (χ0) is 20.3. The molecule has 0 amide bonds. The molecule has 4 rings (SSSR count). The van der Waals surface area contributed by atoms with Gasteiger partial charge in [-0.15, -0.1) is 0 Å². The number of benzene rings is 3. The maximum absolute atomic E-state index is 11.5. The SMILES string of the molecule is NS(=O)(=O)c1cccc(OC2=NO[C@H](c3ccc(Oc4ccccc4)cc3)C2)c1. The minimum atomic E-state index is -3.80. The number of para-hydroxylation sites is 1. The Balaban J connectivity index is 1.38. The van der Waals surface area contributed by atoms with Crippen LogP contribution in [0.2, 0.25) is 0 Å². The fourth-order valence-corrected chi connectivity index (χ4v) is 3.37. The van der Waals surface area contributed by atoms with Gasteiger partial charge in [0.2, 0.25) is 15.9 Å². The highest BCUT2D eigenvalue weighted by Gasteiger charge is 2.25. The van der Waals surface area contributed by atoms with Crippen LogP contribution in [0, 0.1) is 0 Å². The first-order valence-corrected chi connectivity index (χ1v) is 10.4. The van der Waals surface area contributed by atoms with Crippen molar-refractivity contribution in [2.24, 2.45) is 10.3 Å². The first-order valence-electron chi connectivity index (χ1n) is 8.84. The minimum Gasteiger partial charge on any atom is -0.457 e. The van der Waals surface area contributed by atoms with Crippen LogP contribution in [-0.2, 0) is 14.9 Å². The summed E-state index contributed by atoms with van der Waals surface area (Å²) in [6.45, 7) is 0. The van der Waals surface area contributed by atoms with Crippen LogP contribution in [0.15, 0.2) is 88.9 Å². The maximum Gasteiger partial charge on any atom is 0.238 e. The third kappa shape index (κ3) is 4.74. The molecule has 0 aliphatic carbocycles. The Labute approximate surface area is 168 Å². The Bertz CT molecular complexity index is 1130. The summed E-state index contributed by atoms with van der Waals surface area (Å²) in [5.41, 5.74) is 0.922. The second-order valence-electron chi connectivity index (χ2n) is 6.39. The van der Waals surface area contributed by atoms with E-state index in [0.717, 1.165) is 17.1 Å². The van der Waals surface area contributed by atoms with E-state index >= 15 is 0 Å². The second kappa shape index (κ2) is 7.94. The lowest BCUT2D eigenvalue weighted by Gasteiger charge is -2.10. The molecule has 0 radical (unpaired) electrons. The molecule has 2 N–H and O–H groups in total. The van der Waals surface area contributed by atoms with Crippen LogP contribution >= 0.6 is 0 Å². The molecular formula is C21H18N2O5S. The van der Waals surface area contributed by atoms with Crippen molar-refractivity contribution in [2.75, 3.05) is 0 Å². The van der Waals surface area contributed by atoms with Crippen LogP contribution in [0.5, 0.6) is 17.2 Å². The van der Waals surface area contributed by atoms with Gasteiger partial charge in [-0.1, -0.05) is 41.6 Å². The average molecular weight is 410 g/mol. The molecule has 0 bridgehead atoms. The fourth-order valence-electron chi connectivity index (χ4n) is 2.82. The number of hydrogen-bond acceptors (Lipinski definition) is 6. The van der Waals surface area contributed by atoms with Crippen LogP contribution in [0.4, 0.5) is 0 Å².